The van der Waals surface area contributed by atoms with Crippen LogP contribution >= 0.6 is 15.9 Å². The van der Waals surface area contributed by atoms with Gasteiger partial charge in [0.15, 0.2) is 0 Å². The first-order valence-electron chi connectivity index (χ1n) is 7.77. The van der Waals surface area contributed by atoms with Crippen molar-refractivity contribution in [2.24, 2.45) is 0 Å². The van der Waals surface area contributed by atoms with Crippen LogP contribution < -0.4 is 0 Å². The highest BCUT2D eigenvalue weighted by Gasteiger charge is 2.15. The van der Waals surface area contributed by atoms with Crippen LogP contribution in [0.1, 0.15) is 39.6 Å². The van der Waals surface area contributed by atoms with Crippen LogP contribution in [0.3, 0.4) is 0 Å². The molecule has 5 heteroatoms. The highest BCUT2D eigenvalue weighted by atomic mass is 79.9. The van der Waals surface area contributed by atoms with E-state index in [9.17, 15) is 9.59 Å². The van der Waals surface area contributed by atoms with E-state index in [1.165, 1.54) is 7.11 Å². The molecule has 2 aromatic rings. The SMILES string of the molecule is CCCN(Cc1ccc(C(=O)OC)cc1)C(=O)c1ccc(Br)cc1. The fourth-order valence-corrected chi connectivity index (χ4v) is 2.65. The zero-order valence-electron chi connectivity index (χ0n) is 13.8. The van der Waals surface area contributed by atoms with Gasteiger partial charge in [-0.25, -0.2) is 4.79 Å². The van der Waals surface area contributed by atoms with Crippen molar-refractivity contribution in [3.8, 4) is 0 Å². The largest absolute Gasteiger partial charge is 0.465 e. The van der Waals surface area contributed by atoms with E-state index in [0.29, 0.717) is 24.2 Å². The molecule has 0 N–H and O–H groups in total. The van der Waals surface area contributed by atoms with Crippen molar-refractivity contribution in [3.63, 3.8) is 0 Å². The second kappa shape index (κ2) is 8.64. The Bertz CT molecular complexity index is 696. The van der Waals surface area contributed by atoms with E-state index in [0.717, 1.165) is 16.5 Å². The van der Waals surface area contributed by atoms with Gasteiger partial charge >= 0.3 is 5.97 Å². The molecule has 2 aromatic carbocycles. The van der Waals surface area contributed by atoms with E-state index in [1.807, 2.05) is 48.2 Å². The quantitative estimate of drug-likeness (QED) is 0.692. The summed E-state index contributed by atoms with van der Waals surface area (Å²) in [5, 5.41) is 0. The normalized spacial score (nSPS) is 10.3. The zero-order valence-corrected chi connectivity index (χ0v) is 15.4. The van der Waals surface area contributed by atoms with Crippen LogP contribution in [0.15, 0.2) is 53.0 Å². The topological polar surface area (TPSA) is 46.6 Å². The van der Waals surface area contributed by atoms with Crippen LogP contribution in [-0.2, 0) is 11.3 Å². The lowest BCUT2D eigenvalue weighted by atomic mass is 10.1. The van der Waals surface area contributed by atoms with Gasteiger partial charge in [0.25, 0.3) is 5.91 Å². The van der Waals surface area contributed by atoms with E-state index in [4.69, 9.17) is 4.74 Å². The molecule has 0 heterocycles. The molecule has 0 bridgehead atoms. The molecule has 0 aliphatic rings. The molecule has 0 radical (unpaired) electrons. The molecular weight excluding hydrogens is 370 g/mol. The maximum Gasteiger partial charge on any atom is 0.337 e. The lowest BCUT2D eigenvalue weighted by Crippen LogP contribution is -2.31. The highest BCUT2D eigenvalue weighted by Crippen LogP contribution is 2.15. The van der Waals surface area contributed by atoms with Gasteiger partial charge in [-0.3, -0.25) is 4.79 Å². The molecule has 2 rings (SSSR count). The number of amides is 1. The van der Waals surface area contributed by atoms with Crippen LogP contribution in [0, 0.1) is 0 Å². The van der Waals surface area contributed by atoms with Crippen molar-refractivity contribution < 1.29 is 14.3 Å². The average molecular weight is 390 g/mol. The van der Waals surface area contributed by atoms with Crippen LogP contribution in [0.4, 0.5) is 0 Å². The minimum absolute atomic E-state index is 0.00129. The fraction of sp³-hybridized carbons (Fsp3) is 0.263. The summed E-state index contributed by atoms with van der Waals surface area (Å²) in [7, 11) is 1.36. The molecular formula is C19H20BrNO3. The zero-order chi connectivity index (χ0) is 17.5. The number of esters is 1. The molecule has 0 unspecified atom stereocenters. The summed E-state index contributed by atoms with van der Waals surface area (Å²) in [6, 6.07) is 14.5. The molecule has 4 nitrogen and oxygen atoms in total. The third-order valence-corrected chi connectivity index (χ3v) is 4.15. The van der Waals surface area contributed by atoms with E-state index in [1.54, 1.807) is 12.1 Å². The molecule has 1 amide bonds. The van der Waals surface area contributed by atoms with Crippen LogP contribution in [0.5, 0.6) is 0 Å². The summed E-state index contributed by atoms with van der Waals surface area (Å²) in [6.45, 7) is 3.22. The summed E-state index contributed by atoms with van der Waals surface area (Å²) in [5.41, 5.74) is 2.14. The number of methoxy groups -OCH3 is 1. The second-order valence-corrected chi connectivity index (χ2v) is 6.34. The van der Waals surface area contributed by atoms with Gasteiger partial charge in [-0.1, -0.05) is 35.0 Å². The lowest BCUT2D eigenvalue weighted by Gasteiger charge is -2.22. The molecule has 126 valence electrons. The monoisotopic (exact) mass is 389 g/mol. The van der Waals surface area contributed by atoms with E-state index >= 15 is 0 Å². The summed E-state index contributed by atoms with van der Waals surface area (Å²) in [4.78, 5) is 26.0. The number of carbonyl (C=O) groups excluding carboxylic acids is 2. The summed E-state index contributed by atoms with van der Waals surface area (Å²) >= 11 is 3.38. The molecule has 0 atom stereocenters. The van der Waals surface area contributed by atoms with Crippen molar-refractivity contribution in [2.45, 2.75) is 19.9 Å². The second-order valence-electron chi connectivity index (χ2n) is 5.42. The molecule has 24 heavy (non-hydrogen) atoms. The minimum Gasteiger partial charge on any atom is -0.465 e. The van der Waals surface area contributed by atoms with Gasteiger partial charge in [-0.05, 0) is 48.4 Å². The fourth-order valence-electron chi connectivity index (χ4n) is 2.38. The number of benzene rings is 2. The Balaban J connectivity index is 2.14. The molecule has 0 fully saturated rings. The molecule has 0 aliphatic heterocycles. The number of rotatable bonds is 6. The number of hydrogen-bond acceptors (Lipinski definition) is 3. The molecule has 0 saturated heterocycles. The smallest absolute Gasteiger partial charge is 0.337 e. The van der Waals surface area contributed by atoms with Crippen molar-refractivity contribution in [3.05, 3.63) is 69.7 Å². The third-order valence-electron chi connectivity index (χ3n) is 3.62. The number of carbonyl (C=O) groups is 2. The molecule has 0 spiro atoms. The Morgan fingerprint density at radius 2 is 1.58 bits per heavy atom. The summed E-state index contributed by atoms with van der Waals surface area (Å²) < 4.78 is 5.64. The van der Waals surface area contributed by atoms with Crippen LogP contribution in [-0.4, -0.2) is 30.4 Å². The van der Waals surface area contributed by atoms with Gasteiger partial charge < -0.3 is 9.64 Å². The van der Waals surface area contributed by atoms with Crippen LogP contribution in [0.25, 0.3) is 0 Å². The average Bonchev–Trinajstić information content (AvgIpc) is 2.61. The Morgan fingerprint density at radius 1 is 1.00 bits per heavy atom. The van der Waals surface area contributed by atoms with Crippen molar-refractivity contribution >= 4 is 27.8 Å². The molecule has 0 saturated carbocycles. The van der Waals surface area contributed by atoms with Gasteiger partial charge in [0.1, 0.15) is 0 Å². The molecule has 0 aliphatic carbocycles. The number of nitrogens with zero attached hydrogens (tertiary/aromatic N) is 1. The Kier molecular flexibility index (Phi) is 6.55. The predicted molar refractivity (Wildman–Crippen MR) is 97.0 cm³/mol. The van der Waals surface area contributed by atoms with Crippen LogP contribution in [0.2, 0.25) is 0 Å². The van der Waals surface area contributed by atoms with E-state index < -0.39 is 0 Å². The van der Waals surface area contributed by atoms with Crippen molar-refractivity contribution in [1.82, 2.24) is 4.90 Å². The Morgan fingerprint density at radius 3 is 2.12 bits per heavy atom. The third kappa shape index (κ3) is 4.68. The molecule has 0 aromatic heterocycles. The number of hydrogen-bond donors (Lipinski definition) is 0. The van der Waals surface area contributed by atoms with Gasteiger partial charge in [0, 0.05) is 23.1 Å². The van der Waals surface area contributed by atoms with Gasteiger partial charge in [0.05, 0.1) is 12.7 Å². The summed E-state index contributed by atoms with van der Waals surface area (Å²) in [5.74, 6) is -0.362. The standard InChI is InChI=1S/C19H20BrNO3/c1-3-12-21(18(22)15-8-10-17(20)11-9-15)13-14-4-6-16(7-5-14)19(23)24-2/h4-11H,3,12-13H2,1-2H3. The highest BCUT2D eigenvalue weighted by molar-refractivity contribution is 9.10. The van der Waals surface area contributed by atoms with E-state index in [-0.39, 0.29) is 11.9 Å². The number of halogens is 1. The first-order valence-corrected chi connectivity index (χ1v) is 8.56. The Labute approximate surface area is 150 Å². The maximum absolute atomic E-state index is 12.7. The van der Waals surface area contributed by atoms with Gasteiger partial charge in [-0.2, -0.15) is 0 Å². The van der Waals surface area contributed by atoms with Gasteiger partial charge in [-0.15, -0.1) is 0 Å². The first-order chi connectivity index (χ1) is 11.5. The number of ether oxygens (including phenoxy) is 1. The lowest BCUT2D eigenvalue weighted by molar-refractivity contribution is 0.0600. The maximum atomic E-state index is 12.7. The van der Waals surface area contributed by atoms with E-state index in [2.05, 4.69) is 15.9 Å². The van der Waals surface area contributed by atoms with Crippen molar-refractivity contribution in [1.29, 1.82) is 0 Å². The predicted octanol–water partition coefficient (Wildman–Crippen LogP) is 4.29. The minimum atomic E-state index is -0.363. The van der Waals surface area contributed by atoms with Crippen molar-refractivity contribution in [2.75, 3.05) is 13.7 Å². The first kappa shape index (κ1) is 18.2. The van der Waals surface area contributed by atoms with Gasteiger partial charge in [0.2, 0.25) is 0 Å². The summed E-state index contributed by atoms with van der Waals surface area (Å²) in [6.07, 6.45) is 0.877. The Hall–Kier alpha value is -2.14.